The Morgan fingerprint density at radius 1 is 1.64 bits per heavy atom. The van der Waals surface area contributed by atoms with Crippen LogP contribution in [0.4, 0.5) is 0 Å². The number of carbonyl (C=O) groups excluding carboxylic acids is 1. The van der Waals surface area contributed by atoms with Gasteiger partial charge in [0.15, 0.2) is 0 Å². The third-order valence-corrected chi connectivity index (χ3v) is 4.14. The number of hydrogen-bond acceptors (Lipinski definition) is 3. The Balaban J connectivity index is 2.64. The average molecular weight is 218 g/mol. The second kappa shape index (κ2) is 4.10. The predicted molar refractivity (Wildman–Crippen MR) is 52.9 cm³/mol. The summed E-state index contributed by atoms with van der Waals surface area (Å²) in [6.07, 6.45) is 2.46. The molecule has 1 atom stereocenters. The number of hydrogen-bond donors (Lipinski definition) is 1. The Bertz CT molecular complexity index is 336. The normalized spacial score (nSPS) is 22.7. The summed E-state index contributed by atoms with van der Waals surface area (Å²) in [7, 11) is -3.32. The maximum absolute atomic E-state index is 11.6. The lowest BCUT2D eigenvalue weighted by Gasteiger charge is -2.37. The van der Waals surface area contributed by atoms with Crippen LogP contribution in [0.3, 0.4) is 0 Å². The molecule has 1 rings (SSSR count). The third-order valence-electron chi connectivity index (χ3n) is 2.24. The van der Waals surface area contributed by atoms with Gasteiger partial charge >= 0.3 is 0 Å². The van der Waals surface area contributed by atoms with Gasteiger partial charge in [-0.2, -0.15) is 4.31 Å². The van der Waals surface area contributed by atoms with Crippen molar-refractivity contribution in [1.29, 1.82) is 0 Å². The summed E-state index contributed by atoms with van der Waals surface area (Å²) < 4.78 is 24.3. The summed E-state index contributed by atoms with van der Waals surface area (Å²) >= 11 is 0. The first kappa shape index (κ1) is 11.2. The van der Waals surface area contributed by atoms with Crippen LogP contribution in [0.25, 0.3) is 0 Å². The predicted octanol–water partition coefficient (Wildman–Crippen LogP) is -0.548. The van der Waals surface area contributed by atoms with Crippen LogP contribution in [0.1, 0.15) is 12.8 Å². The first-order valence-corrected chi connectivity index (χ1v) is 5.99. The molecule has 14 heavy (non-hydrogen) atoms. The lowest BCUT2D eigenvalue weighted by molar-refractivity contribution is -0.124. The van der Waals surface area contributed by atoms with E-state index in [1.165, 1.54) is 10.4 Å². The van der Waals surface area contributed by atoms with Crippen molar-refractivity contribution >= 4 is 15.9 Å². The van der Waals surface area contributed by atoms with E-state index in [0.29, 0.717) is 19.4 Å². The first-order chi connectivity index (χ1) is 6.49. The zero-order valence-corrected chi connectivity index (χ0v) is 8.66. The standard InChI is InChI=1S/C8H14N2O3S/c1-2-3-6-14(12,13)10-5-4-7(10)8(9)11/h2,7H,1,3-6H2,(H2,9,11). The minimum atomic E-state index is -3.32. The molecule has 80 valence electrons. The molecule has 1 unspecified atom stereocenters. The summed E-state index contributed by atoms with van der Waals surface area (Å²) in [5, 5.41) is 0. The van der Waals surface area contributed by atoms with Gasteiger partial charge in [-0.05, 0) is 12.8 Å². The Kier molecular flexibility index (Phi) is 3.28. The molecule has 0 aromatic rings. The molecule has 1 saturated heterocycles. The van der Waals surface area contributed by atoms with Crippen molar-refractivity contribution in [3.8, 4) is 0 Å². The van der Waals surface area contributed by atoms with E-state index in [1.54, 1.807) is 0 Å². The molecule has 1 heterocycles. The molecule has 5 nitrogen and oxygen atoms in total. The topological polar surface area (TPSA) is 80.5 Å². The van der Waals surface area contributed by atoms with E-state index < -0.39 is 22.0 Å². The van der Waals surface area contributed by atoms with Crippen molar-refractivity contribution in [2.24, 2.45) is 5.73 Å². The van der Waals surface area contributed by atoms with Crippen LogP contribution < -0.4 is 5.73 Å². The van der Waals surface area contributed by atoms with E-state index in [4.69, 9.17) is 5.73 Å². The monoisotopic (exact) mass is 218 g/mol. The van der Waals surface area contributed by atoms with Gasteiger partial charge in [-0.25, -0.2) is 8.42 Å². The number of primary amides is 1. The fourth-order valence-corrected chi connectivity index (χ4v) is 3.01. The maximum atomic E-state index is 11.6. The van der Waals surface area contributed by atoms with Gasteiger partial charge < -0.3 is 5.73 Å². The lowest BCUT2D eigenvalue weighted by atomic mass is 10.1. The highest BCUT2D eigenvalue weighted by molar-refractivity contribution is 7.89. The number of carbonyl (C=O) groups is 1. The molecule has 0 spiro atoms. The molecule has 1 fully saturated rings. The molecular weight excluding hydrogens is 204 g/mol. The summed E-state index contributed by atoms with van der Waals surface area (Å²) in [5.41, 5.74) is 5.05. The number of allylic oxidation sites excluding steroid dienone is 1. The van der Waals surface area contributed by atoms with Crippen molar-refractivity contribution in [3.05, 3.63) is 12.7 Å². The van der Waals surface area contributed by atoms with Gasteiger partial charge in [0.05, 0.1) is 5.75 Å². The minimum Gasteiger partial charge on any atom is -0.368 e. The Hall–Kier alpha value is -0.880. The molecule has 2 N–H and O–H groups in total. The number of sulfonamides is 1. The Morgan fingerprint density at radius 3 is 2.64 bits per heavy atom. The van der Waals surface area contributed by atoms with E-state index >= 15 is 0 Å². The minimum absolute atomic E-state index is 0.000278. The number of nitrogens with zero attached hydrogens (tertiary/aromatic N) is 1. The molecule has 0 aromatic heterocycles. The molecular formula is C8H14N2O3S. The Labute approximate surface area is 83.6 Å². The maximum Gasteiger partial charge on any atom is 0.235 e. The van der Waals surface area contributed by atoms with Crippen LogP contribution in [0, 0.1) is 0 Å². The molecule has 1 aliphatic rings. The molecule has 0 radical (unpaired) electrons. The highest BCUT2D eigenvalue weighted by atomic mass is 32.2. The van der Waals surface area contributed by atoms with Gasteiger partial charge in [0, 0.05) is 6.54 Å². The van der Waals surface area contributed by atoms with E-state index in [0.717, 1.165) is 0 Å². The average Bonchev–Trinajstić information content (AvgIpc) is 1.96. The zero-order chi connectivity index (χ0) is 10.8. The zero-order valence-electron chi connectivity index (χ0n) is 7.85. The third kappa shape index (κ3) is 2.13. The van der Waals surface area contributed by atoms with Crippen molar-refractivity contribution in [2.45, 2.75) is 18.9 Å². The number of nitrogens with two attached hydrogens (primary N) is 1. The van der Waals surface area contributed by atoms with Gasteiger partial charge in [0.2, 0.25) is 15.9 Å². The fraction of sp³-hybridized carbons (Fsp3) is 0.625. The van der Waals surface area contributed by atoms with Gasteiger partial charge in [-0.3, -0.25) is 4.79 Å². The van der Waals surface area contributed by atoms with E-state index in [-0.39, 0.29) is 5.75 Å². The second-order valence-corrected chi connectivity index (χ2v) is 5.25. The SMILES string of the molecule is C=CCCS(=O)(=O)N1CCC1C(N)=O. The Morgan fingerprint density at radius 2 is 2.29 bits per heavy atom. The van der Waals surface area contributed by atoms with Crippen molar-refractivity contribution in [3.63, 3.8) is 0 Å². The number of rotatable bonds is 5. The molecule has 1 aliphatic heterocycles. The molecule has 6 heteroatoms. The quantitative estimate of drug-likeness (QED) is 0.629. The van der Waals surface area contributed by atoms with Crippen LogP contribution in [0.2, 0.25) is 0 Å². The van der Waals surface area contributed by atoms with Gasteiger partial charge in [0.25, 0.3) is 0 Å². The molecule has 1 amide bonds. The van der Waals surface area contributed by atoms with Crippen LogP contribution >= 0.6 is 0 Å². The summed E-state index contributed by atoms with van der Waals surface area (Å²) in [4.78, 5) is 10.8. The van der Waals surface area contributed by atoms with E-state index in [1.807, 2.05) is 0 Å². The van der Waals surface area contributed by atoms with Crippen molar-refractivity contribution in [2.75, 3.05) is 12.3 Å². The molecule has 0 aliphatic carbocycles. The van der Waals surface area contributed by atoms with Gasteiger partial charge in [-0.1, -0.05) is 6.08 Å². The van der Waals surface area contributed by atoms with E-state index in [9.17, 15) is 13.2 Å². The highest BCUT2D eigenvalue weighted by Crippen LogP contribution is 2.21. The molecule has 0 bridgehead atoms. The lowest BCUT2D eigenvalue weighted by Crippen LogP contribution is -2.57. The van der Waals surface area contributed by atoms with Crippen LogP contribution in [0.15, 0.2) is 12.7 Å². The van der Waals surface area contributed by atoms with E-state index in [2.05, 4.69) is 6.58 Å². The smallest absolute Gasteiger partial charge is 0.235 e. The van der Waals surface area contributed by atoms with Crippen LogP contribution in [0.5, 0.6) is 0 Å². The largest absolute Gasteiger partial charge is 0.368 e. The van der Waals surface area contributed by atoms with Gasteiger partial charge in [0.1, 0.15) is 6.04 Å². The second-order valence-electron chi connectivity index (χ2n) is 3.21. The fourth-order valence-electron chi connectivity index (χ4n) is 1.33. The summed E-state index contributed by atoms with van der Waals surface area (Å²) in [5.74, 6) is -0.571. The summed E-state index contributed by atoms with van der Waals surface area (Å²) in [6, 6.07) is -0.634. The number of amides is 1. The van der Waals surface area contributed by atoms with Crippen LogP contribution in [-0.4, -0.2) is 37.0 Å². The summed E-state index contributed by atoms with van der Waals surface area (Å²) in [6.45, 7) is 3.84. The molecule has 0 aromatic carbocycles. The first-order valence-electron chi connectivity index (χ1n) is 4.39. The van der Waals surface area contributed by atoms with Crippen molar-refractivity contribution < 1.29 is 13.2 Å². The van der Waals surface area contributed by atoms with Crippen LogP contribution in [-0.2, 0) is 14.8 Å². The van der Waals surface area contributed by atoms with Gasteiger partial charge in [-0.15, -0.1) is 6.58 Å². The van der Waals surface area contributed by atoms with Crippen molar-refractivity contribution in [1.82, 2.24) is 4.31 Å². The molecule has 0 saturated carbocycles. The highest BCUT2D eigenvalue weighted by Gasteiger charge is 2.40.